The molecule has 98 valence electrons. The molecule has 0 saturated heterocycles. The molecule has 1 N–H and O–H groups in total. The lowest BCUT2D eigenvalue weighted by Gasteiger charge is -2.06. The van der Waals surface area contributed by atoms with Crippen molar-refractivity contribution in [2.75, 3.05) is 5.32 Å². The van der Waals surface area contributed by atoms with Crippen LogP contribution in [0, 0.1) is 6.92 Å². The number of carbonyl (C=O) groups is 1. The SMILES string of the molecule is Cc1cc[n+](CC(=O)Nc2ccc(Br)cc2Br)cc1. The average molecular weight is 385 g/mol. The van der Waals surface area contributed by atoms with Crippen molar-refractivity contribution in [3.63, 3.8) is 0 Å². The summed E-state index contributed by atoms with van der Waals surface area (Å²) in [6.07, 6.45) is 3.79. The van der Waals surface area contributed by atoms with Crippen molar-refractivity contribution in [3.8, 4) is 0 Å². The molecule has 0 fully saturated rings. The van der Waals surface area contributed by atoms with Gasteiger partial charge in [-0.1, -0.05) is 15.9 Å². The predicted molar refractivity (Wildman–Crippen MR) is 81.8 cm³/mol. The molecule has 2 rings (SSSR count). The summed E-state index contributed by atoms with van der Waals surface area (Å²) in [4.78, 5) is 11.9. The summed E-state index contributed by atoms with van der Waals surface area (Å²) in [5.74, 6) is -0.0584. The lowest BCUT2D eigenvalue weighted by molar-refractivity contribution is -0.684. The molecule has 2 aromatic rings. The highest BCUT2D eigenvalue weighted by molar-refractivity contribution is 9.11. The van der Waals surface area contributed by atoms with E-state index in [0.29, 0.717) is 6.54 Å². The lowest BCUT2D eigenvalue weighted by Crippen LogP contribution is -2.39. The first-order valence-electron chi connectivity index (χ1n) is 5.75. The van der Waals surface area contributed by atoms with Gasteiger partial charge in [-0.05, 0) is 46.6 Å². The van der Waals surface area contributed by atoms with Crippen LogP contribution in [-0.2, 0) is 11.3 Å². The highest BCUT2D eigenvalue weighted by Gasteiger charge is 2.10. The quantitative estimate of drug-likeness (QED) is 0.807. The summed E-state index contributed by atoms with van der Waals surface area (Å²) in [6.45, 7) is 2.31. The van der Waals surface area contributed by atoms with Crippen LogP contribution in [0.4, 0.5) is 5.69 Å². The number of hydrogen-bond donors (Lipinski definition) is 1. The molecule has 0 unspecified atom stereocenters. The number of anilines is 1. The van der Waals surface area contributed by atoms with Crippen LogP contribution >= 0.6 is 31.9 Å². The fourth-order valence-electron chi connectivity index (χ4n) is 1.58. The molecule has 1 aromatic carbocycles. The van der Waals surface area contributed by atoms with Crippen molar-refractivity contribution in [1.29, 1.82) is 0 Å². The zero-order valence-corrected chi connectivity index (χ0v) is 13.5. The smallest absolute Gasteiger partial charge is 0.290 e. The molecule has 0 spiro atoms. The molecule has 19 heavy (non-hydrogen) atoms. The van der Waals surface area contributed by atoms with Gasteiger partial charge in [0, 0.05) is 21.1 Å². The zero-order chi connectivity index (χ0) is 13.8. The first-order chi connectivity index (χ1) is 9.04. The van der Waals surface area contributed by atoms with E-state index in [2.05, 4.69) is 37.2 Å². The molecule has 1 amide bonds. The second-order valence-corrected chi connectivity index (χ2v) is 5.99. The minimum Gasteiger partial charge on any atom is -0.320 e. The van der Waals surface area contributed by atoms with E-state index < -0.39 is 0 Å². The molecule has 5 heteroatoms. The van der Waals surface area contributed by atoms with Crippen LogP contribution in [0.25, 0.3) is 0 Å². The molecular weight excluding hydrogens is 372 g/mol. The summed E-state index contributed by atoms with van der Waals surface area (Å²) in [5.41, 5.74) is 1.94. The van der Waals surface area contributed by atoms with Crippen LogP contribution in [-0.4, -0.2) is 5.91 Å². The van der Waals surface area contributed by atoms with E-state index in [-0.39, 0.29) is 5.91 Å². The number of carbonyl (C=O) groups excluding carboxylic acids is 1. The van der Waals surface area contributed by atoms with E-state index in [0.717, 1.165) is 14.6 Å². The Bertz CT molecular complexity index is 597. The van der Waals surface area contributed by atoms with Gasteiger partial charge in [0.15, 0.2) is 12.4 Å². The number of pyridine rings is 1. The van der Waals surface area contributed by atoms with Crippen LogP contribution in [0.3, 0.4) is 0 Å². The van der Waals surface area contributed by atoms with Crippen molar-refractivity contribution in [1.82, 2.24) is 0 Å². The Hall–Kier alpha value is -1.20. The van der Waals surface area contributed by atoms with Gasteiger partial charge in [-0.2, -0.15) is 4.57 Å². The van der Waals surface area contributed by atoms with Crippen LogP contribution in [0.15, 0.2) is 51.7 Å². The molecule has 1 aromatic heterocycles. The minimum absolute atomic E-state index is 0.0584. The summed E-state index contributed by atoms with van der Waals surface area (Å²) < 4.78 is 3.66. The van der Waals surface area contributed by atoms with Gasteiger partial charge in [0.2, 0.25) is 6.54 Å². The van der Waals surface area contributed by atoms with E-state index >= 15 is 0 Å². The van der Waals surface area contributed by atoms with Gasteiger partial charge in [-0.25, -0.2) is 0 Å². The number of aromatic nitrogens is 1. The Kier molecular flexibility index (Phi) is 4.71. The average Bonchev–Trinajstić information content (AvgIpc) is 2.36. The molecule has 0 atom stereocenters. The predicted octanol–water partition coefficient (Wildman–Crippen LogP) is 3.45. The van der Waals surface area contributed by atoms with Gasteiger partial charge < -0.3 is 5.32 Å². The number of hydrogen-bond acceptors (Lipinski definition) is 1. The number of aryl methyl sites for hydroxylation is 1. The Morgan fingerprint density at radius 2 is 1.89 bits per heavy atom. The maximum atomic E-state index is 11.9. The van der Waals surface area contributed by atoms with Crippen molar-refractivity contribution >= 4 is 43.5 Å². The van der Waals surface area contributed by atoms with Crippen molar-refractivity contribution in [3.05, 3.63) is 57.2 Å². The molecule has 0 aliphatic heterocycles. The molecular formula is C14H13Br2N2O+. The first-order valence-corrected chi connectivity index (χ1v) is 7.34. The Labute approximate surface area is 128 Å². The fraction of sp³-hybridized carbons (Fsp3) is 0.143. The third kappa shape index (κ3) is 4.14. The summed E-state index contributed by atoms with van der Waals surface area (Å²) in [7, 11) is 0. The third-order valence-corrected chi connectivity index (χ3v) is 3.74. The number of benzene rings is 1. The molecule has 0 aliphatic carbocycles. The normalized spacial score (nSPS) is 10.3. The molecule has 0 saturated carbocycles. The third-order valence-electron chi connectivity index (χ3n) is 2.59. The van der Waals surface area contributed by atoms with Gasteiger partial charge >= 0.3 is 0 Å². The van der Waals surface area contributed by atoms with E-state index in [1.807, 2.05) is 54.2 Å². The number of halogens is 2. The van der Waals surface area contributed by atoms with Gasteiger partial charge in [0.05, 0.1) is 5.69 Å². The van der Waals surface area contributed by atoms with E-state index in [9.17, 15) is 4.79 Å². The summed E-state index contributed by atoms with van der Waals surface area (Å²) in [5, 5.41) is 2.87. The number of amides is 1. The van der Waals surface area contributed by atoms with Crippen LogP contribution in [0.2, 0.25) is 0 Å². The van der Waals surface area contributed by atoms with Crippen LogP contribution in [0.1, 0.15) is 5.56 Å². The Morgan fingerprint density at radius 3 is 2.53 bits per heavy atom. The molecule has 0 radical (unpaired) electrons. The lowest BCUT2D eigenvalue weighted by atomic mass is 10.3. The molecule has 3 nitrogen and oxygen atoms in total. The van der Waals surface area contributed by atoms with Crippen LogP contribution < -0.4 is 9.88 Å². The van der Waals surface area contributed by atoms with E-state index in [1.54, 1.807) is 0 Å². The molecule has 0 bridgehead atoms. The maximum absolute atomic E-state index is 11.9. The first kappa shape index (κ1) is 14.2. The van der Waals surface area contributed by atoms with Gasteiger partial charge in [0.25, 0.3) is 5.91 Å². The largest absolute Gasteiger partial charge is 0.320 e. The van der Waals surface area contributed by atoms with Gasteiger partial charge in [-0.15, -0.1) is 0 Å². The second kappa shape index (κ2) is 6.30. The van der Waals surface area contributed by atoms with Crippen molar-refractivity contribution in [2.24, 2.45) is 0 Å². The number of nitrogens with zero attached hydrogens (tertiary/aromatic N) is 1. The van der Waals surface area contributed by atoms with E-state index in [1.165, 1.54) is 5.56 Å². The topological polar surface area (TPSA) is 33.0 Å². The van der Waals surface area contributed by atoms with Gasteiger partial charge in [0.1, 0.15) is 0 Å². The van der Waals surface area contributed by atoms with Crippen LogP contribution in [0.5, 0.6) is 0 Å². The standard InChI is InChI=1S/C14H12Br2N2O/c1-10-4-6-18(7-5-10)9-14(19)17-13-3-2-11(15)8-12(13)16/h2-8H,9H2,1H3/p+1. The number of nitrogens with one attached hydrogen (secondary N) is 1. The second-order valence-electron chi connectivity index (χ2n) is 4.22. The Morgan fingerprint density at radius 1 is 1.21 bits per heavy atom. The highest BCUT2D eigenvalue weighted by Crippen LogP contribution is 2.25. The highest BCUT2D eigenvalue weighted by atomic mass is 79.9. The van der Waals surface area contributed by atoms with Gasteiger partial charge in [-0.3, -0.25) is 4.79 Å². The van der Waals surface area contributed by atoms with Crippen molar-refractivity contribution < 1.29 is 9.36 Å². The summed E-state index contributed by atoms with van der Waals surface area (Å²) >= 11 is 6.80. The van der Waals surface area contributed by atoms with Crippen molar-refractivity contribution in [2.45, 2.75) is 13.5 Å². The Balaban J connectivity index is 2.03. The minimum atomic E-state index is -0.0584. The maximum Gasteiger partial charge on any atom is 0.290 e. The monoisotopic (exact) mass is 383 g/mol. The number of rotatable bonds is 3. The fourth-order valence-corrected chi connectivity index (χ4v) is 2.73. The summed E-state index contributed by atoms with van der Waals surface area (Å²) in [6, 6.07) is 9.59. The van der Waals surface area contributed by atoms with E-state index in [4.69, 9.17) is 0 Å². The zero-order valence-electron chi connectivity index (χ0n) is 10.4. The molecule has 0 aliphatic rings. The molecule has 1 heterocycles.